The SMILES string of the molecule is CC(C)c1ccc(-c2ccccc2N2c3ccc(C(C)C)cc3B3c4cc(C(C)C)ccc4N(c4ccc(C(C)C)cc4-c4ccc(C(C)C)cc4)c4cc(C(C)C)cc2c43)cc1. The van der Waals surface area contributed by atoms with Crippen LogP contribution in [-0.4, -0.2) is 6.71 Å². The van der Waals surface area contributed by atoms with Crippen LogP contribution in [0.3, 0.4) is 0 Å². The minimum atomic E-state index is 0.0484. The van der Waals surface area contributed by atoms with Crippen LogP contribution in [0.15, 0.2) is 140 Å². The highest BCUT2D eigenvalue weighted by atomic mass is 15.2. The van der Waals surface area contributed by atoms with Crippen molar-refractivity contribution >= 4 is 57.2 Å². The Morgan fingerprint density at radius 1 is 0.302 bits per heavy atom. The number of hydrogen-bond donors (Lipinski definition) is 0. The summed E-state index contributed by atoms with van der Waals surface area (Å²) in [5.41, 5.74) is 24.8. The standard InChI is InChI=1S/C60H65BN2/c1-36(2)42-17-21-44(22-18-42)50-15-13-14-16-54(50)62-56-29-26-47(39(7)8)32-52(56)61-53-33-48(40(9)10)27-30-57(53)63(59-35-49(41(11)12)34-58(62)60(59)61)55-28-25-46(38(5)6)31-51(55)45-23-19-43(20-24-45)37(3)4/h13-41H,1-12H3. The molecule has 0 saturated heterocycles. The van der Waals surface area contributed by atoms with E-state index >= 15 is 0 Å². The summed E-state index contributed by atoms with van der Waals surface area (Å²) in [5.74, 6) is 2.45. The number of nitrogens with zero attached hydrogens (tertiary/aromatic N) is 2. The molecule has 7 aromatic carbocycles. The van der Waals surface area contributed by atoms with E-state index < -0.39 is 0 Å². The molecular weight excluding hydrogens is 759 g/mol. The molecule has 0 aromatic heterocycles. The van der Waals surface area contributed by atoms with Gasteiger partial charge in [-0.05, 0) is 139 Å². The van der Waals surface area contributed by atoms with E-state index in [2.05, 4.69) is 232 Å². The van der Waals surface area contributed by atoms with E-state index in [-0.39, 0.29) is 6.71 Å². The van der Waals surface area contributed by atoms with Crippen molar-refractivity contribution < 1.29 is 0 Å². The van der Waals surface area contributed by atoms with Crippen LogP contribution < -0.4 is 26.2 Å². The zero-order valence-corrected chi connectivity index (χ0v) is 39.7. The topological polar surface area (TPSA) is 6.48 Å². The number of fused-ring (bicyclic) bond motifs is 4. The molecule has 0 aliphatic carbocycles. The molecule has 0 unspecified atom stereocenters. The zero-order valence-electron chi connectivity index (χ0n) is 39.7. The van der Waals surface area contributed by atoms with Gasteiger partial charge in [-0.15, -0.1) is 0 Å². The lowest BCUT2D eigenvalue weighted by Gasteiger charge is -2.45. The largest absolute Gasteiger partial charge is 0.311 e. The highest BCUT2D eigenvalue weighted by molar-refractivity contribution is 7.00. The van der Waals surface area contributed by atoms with Gasteiger partial charge in [0.05, 0.1) is 11.4 Å². The van der Waals surface area contributed by atoms with Gasteiger partial charge >= 0.3 is 0 Å². The van der Waals surface area contributed by atoms with Gasteiger partial charge < -0.3 is 9.80 Å². The maximum absolute atomic E-state index is 2.64. The van der Waals surface area contributed by atoms with Crippen LogP contribution in [0.1, 0.15) is 152 Å². The summed E-state index contributed by atoms with van der Waals surface area (Å²) >= 11 is 0. The molecule has 0 bridgehead atoms. The van der Waals surface area contributed by atoms with Crippen LogP contribution in [0.2, 0.25) is 0 Å². The molecule has 63 heavy (non-hydrogen) atoms. The van der Waals surface area contributed by atoms with E-state index in [9.17, 15) is 0 Å². The smallest absolute Gasteiger partial charge is 0.252 e. The fourth-order valence-electron chi connectivity index (χ4n) is 9.98. The summed E-state index contributed by atoms with van der Waals surface area (Å²) in [4.78, 5) is 5.26. The molecule has 7 aromatic rings. The van der Waals surface area contributed by atoms with E-state index in [1.807, 2.05) is 0 Å². The van der Waals surface area contributed by atoms with Gasteiger partial charge in [-0.25, -0.2) is 0 Å². The molecule has 2 heterocycles. The molecule has 3 heteroatoms. The molecule has 318 valence electrons. The van der Waals surface area contributed by atoms with Crippen molar-refractivity contribution in [1.82, 2.24) is 0 Å². The molecule has 0 saturated carbocycles. The van der Waals surface area contributed by atoms with Crippen molar-refractivity contribution in [3.05, 3.63) is 173 Å². The molecule has 2 nitrogen and oxygen atoms in total. The lowest BCUT2D eigenvalue weighted by Crippen LogP contribution is -2.61. The average molecular weight is 825 g/mol. The lowest BCUT2D eigenvalue weighted by atomic mass is 9.33. The number of para-hydroxylation sites is 1. The molecule has 2 aliphatic heterocycles. The van der Waals surface area contributed by atoms with Gasteiger partial charge in [0.2, 0.25) is 0 Å². The Morgan fingerprint density at radius 3 is 1.11 bits per heavy atom. The van der Waals surface area contributed by atoms with Crippen molar-refractivity contribution in [2.45, 2.75) is 119 Å². The highest BCUT2D eigenvalue weighted by Gasteiger charge is 2.44. The minimum absolute atomic E-state index is 0.0484. The highest BCUT2D eigenvalue weighted by Crippen LogP contribution is 2.50. The third kappa shape index (κ3) is 7.52. The minimum Gasteiger partial charge on any atom is -0.311 e. The van der Waals surface area contributed by atoms with Crippen molar-refractivity contribution in [3.8, 4) is 22.3 Å². The van der Waals surface area contributed by atoms with E-state index in [1.165, 1.54) is 106 Å². The maximum Gasteiger partial charge on any atom is 0.252 e. The second-order valence-electron chi connectivity index (χ2n) is 20.2. The van der Waals surface area contributed by atoms with Gasteiger partial charge in [0.15, 0.2) is 0 Å². The zero-order chi connectivity index (χ0) is 44.4. The fraction of sp³-hybridized carbons (Fsp3) is 0.300. The predicted molar refractivity (Wildman–Crippen MR) is 276 cm³/mol. The second kappa shape index (κ2) is 16.7. The summed E-state index contributed by atoms with van der Waals surface area (Å²) < 4.78 is 0. The van der Waals surface area contributed by atoms with Crippen molar-refractivity contribution in [3.63, 3.8) is 0 Å². The normalized spacial score (nSPS) is 13.2. The second-order valence-corrected chi connectivity index (χ2v) is 20.2. The Labute approximate surface area is 379 Å². The number of hydrogen-bond acceptors (Lipinski definition) is 2. The van der Waals surface area contributed by atoms with Gasteiger partial charge in [-0.3, -0.25) is 0 Å². The molecule has 9 rings (SSSR count). The summed E-state index contributed by atoms with van der Waals surface area (Å²) in [5, 5.41) is 0. The maximum atomic E-state index is 2.64. The Morgan fingerprint density at radius 2 is 0.667 bits per heavy atom. The Kier molecular flexibility index (Phi) is 11.3. The molecular formula is C60H65BN2. The van der Waals surface area contributed by atoms with Crippen molar-refractivity contribution in [2.24, 2.45) is 0 Å². The molecule has 0 radical (unpaired) electrons. The first kappa shape index (κ1) is 42.5. The van der Waals surface area contributed by atoms with Crippen LogP contribution in [-0.2, 0) is 0 Å². The Balaban J connectivity index is 1.39. The number of rotatable bonds is 10. The number of benzene rings is 7. The van der Waals surface area contributed by atoms with E-state index in [0.717, 1.165) is 0 Å². The van der Waals surface area contributed by atoms with Crippen molar-refractivity contribution in [2.75, 3.05) is 9.80 Å². The molecule has 0 amide bonds. The van der Waals surface area contributed by atoms with Crippen molar-refractivity contribution in [1.29, 1.82) is 0 Å². The summed E-state index contributed by atoms with van der Waals surface area (Å²) in [6.07, 6.45) is 0. The van der Waals surface area contributed by atoms with Crippen LogP contribution >= 0.6 is 0 Å². The third-order valence-electron chi connectivity index (χ3n) is 14.0. The van der Waals surface area contributed by atoms with Gasteiger partial charge in [-0.1, -0.05) is 180 Å². The first-order chi connectivity index (χ1) is 30.2. The molecule has 0 N–H and O–H groups in total. The van der Waals surface area contributed by atoms with Gasteiger partial charge in [0.1, 0.15) is 0 Å². The Bertz CT molecular complexity index is 2810. The van der Waals surface area contributed by atoms with Crippen LogP contribution in [0.5, 0.6) is 0 Å². The first-order valence-electron chi connectivity index (χ1n) is 23.7. The van der Waals surface area contributed by atoms with E-state index in [4.69, 9.17) is 0 Å². The molecule has 2 aliphatic rings. The van der Waals surface area contributed by atoms with Crippen LogP contribution in [0.4, 0.5) is 34.1 Å². The van der Waals surface area contributed by atoms with Gasteiger partial charge in [0.25, 0.3) is 6.71 Å². The van der Waals surface area contributed by atoms with Gasteiger partial charge in [-0.2, -0.15) is 0 Å². The first-order valence-corrected chi connectivity index (χ1v) is 23.7. The lowest BCUT2D eigenvalue weighted by molar-refractivity contribution is 0.864. The monoisotopic (exact) mass is 825 g/mol. The van der Waals surface area contributed by atoms with E-state index in [1.54, 1.807) is 0 Å². The molecule has 0 spiro atoms. The summed E-state index contributed by atoms with van der Waals surface area (Å²) in [6, 6.07) is 54.7. The van der Waals surface area contributed by atoms with Crippen LogP contribution in [0, 0.1) is 0 Å². The average Bonchev–Trinajstić information content (AvgIpc) is 3.28. The van der Waals surface area contributed by atoms with Crippen LogP contribution in [0.25, 0.3) is 22.3 Å². The fourth-order valence-corrected chi connectivity index (χ4v) is 9.98. The Hall–Kier alpha value is -5.80. The molecule has 0 fully saturated rings. The molecule has 0 atom stereocenters. The summed E-state index contributed by atoms with van der Waals surface area (Å²) in [6.45, 7) is 27.8. The number of anilines is 6. The summed E-state index contributed by atoms with van der Waals surface area (Å²) in [7, 11) is 0. The predicted octanol–water partition coefficient (Wildman–Crippen LogP) is 15.8. The quantitative estimate of drug-likeness (QED) is 0.127. The van der Waals surface area contributed by atoms with E-state index in [0.29, 0.717) is 35.5 Å². The third-order valence-corrected chi connectivity index (χ3v) is 14.0. The van der Waals surface area contributed by atoms with Gasteiger partial charge in [0, 0.05) is 33.9 Å².